The Bertz CT molecular complexity index is 1020. The maximum atomic E-state index is 13.2. The zero-order chi connectivity index (χ0) is 20.7. The van der Waals surface area contributed by atoms with Crippen LogP contribution in [0.3, 0.4) is 0 Å². The van der Waals surface area contributed by atoms with Crippen LogP contribution in [0.5, 0.6) is 0 Å². The van der Waals surface area contributed by atoms with Crippen LogP contribution in [0.2, 0.25) is 0 Å². The van der Waals surface area contributed by atoms with Gasteiger partial charge in [-0.3, -0.25) is 13.9 Å². The van der Waals surface area contributed by atoms with Crippen LogP contribution in [0.4, 0.5) is 0 Å². The Labute approximate surface area is 163 Å². The Morgan fingerprint density at radius 1 is 1.11 bits per heavy atom. The zero-order valence-electron chi connectivity index (χ0n) is 16.4. The molecular weight excluding hydrogens is 360 g/mol. The summed E-state index contributed by atoms with van der Waals surface area (Å²) in [6, 6.07) is 4.07. The third kappa shape index (κ3) is 4.15. The summed E-state index contributed by atoms with van der Waals surface area (Å²) in [6.45, 7) is 4.44. The van der Waals surface area contributed by atoms with Gasteiger partial charge in [-0.1, -0.05) is 20.3 Å². The van der Waals surface area contributed by atoms with Gasteiger partial charge in [0.25, 0.3) is 5.56 Å². The van der Waals surface area contributed by atoms with Crippen LogP contribution < -0.4 is 11.2 Å². The lowest BCUT2D eigenvalue weighted by Crippen LogP contribution is -2.42. The average molecular weight is 386 g/mol. The van der Waals surface area contributed by atoms with Gasteiger partial charge in [0.15, 0.2) is 11.2 Å². The minimum absolute atomic E-state index is 0.0658. The number of unbranched alkanes of at least 4 members (excludes halogenated alkanes) is 1. The summed E-state index contributed by atoms with van der Waals surface area (Å²) >= 11 is 0. The molecule has 2 aromatic heterocycles. The molecule has 0 radical (unpaired) electrons. The number of aryl methyl sites for hydroxylation is 2. The SMILES string of the molecule is CCCCn1c(=O)n(C[C@@H](C#N)CCC#N)c(=O)c2c1nc(CO)n2CCC. The molecule has 0 bridgehead atoms. The largest absolute Gasteiger partial charge is 0.388 e. The first-order chi connectivity index (χ1) is 13.5. The Balaban J connectivity index is 2.75. The van der Waals surface area contributed by atoms with Crippen molar-refractivity contribution in [1.29, 1.82) is 10.5 Å². The summed E-state index contributed by atoms with van der Waals surface area (Å²) in [6.07, 6.45) is 2.80. The number of imidazole rings is 1. The van der Waals surface area contributed by atoms with E-state index in [2.05, 4.69) is 11.1 Å². The maximum Gasteiger partial charge on any atom is 0.332 e. The molecule has 9 nitrogen and oxygen atoms in total. The number of aliphatic hydroxyl groups is 1. The summed E-state index contributed by atoms with van der Waals surface area (Å²) in [5.74, 6) is -0.264. The Morgan fingerprint density at radius 3 is 2.43 bits per heavy atom. The second-order valence-corrected chi connectivity index (χ2v) is 6.74. The molecule has 0 saturated heterocycles. The van der Waals surface area contributed by atoms with E-state index in [1.165, 1.54) is 4.57 Å². The fourth-order valence-electron chi connectivity index (χ4n) is 3.26. The standard InChI is InChI=1S/C19H26N6O3/c1-3-5-10-24-17-16(23(9-4-2)15(13-26)22-17)18(27)25(19(24)28)12-14(11-21)7-6-8-20/h14,26H,3-7,9-10,12-13H2,1-2H3/t14-/m1/s1. The number of rotatable bonds is 10. The fourth-order valence-corrected chi connectivity index (χ4v) is 3.26. The predicted octanol–water partition coefficient (Wildman–Crippen LogP) is 1.51. The van der Waals surface area contributed by atoms with Crippen molar-refractivity contribution in [2.24, 2.45) is 5.92 Å². The van der Waals surface area contributed by atoms with E-state index in [0.29, 0.717) is 25.3 Å². The van der Waals surface area contributed by atoms with Crippen molar-refractivity contribution in [3.8, 4) is 12.1 Å². The van der Waals surface area contributed by atoms with Crippen molar-refractivity contribution < 1.29 is 5.11 Å². The number of nitrogens with zero attached hydrogens (tertiary/aromatic N) is 6. The first-order valence-electron chi connectivity index (χ1n) is 9.64. The van der Waals surface area contributed by atoms with Crippen molar-refractivity contribution in [2.45, 2.75) is 72.2 Å². The van der Waals surface area contributed by atoms with E-state index in [0.717, 1.165) is 23.8 Å². The monoisotopic (exact) mass is 386 g/mol. The van der Waals surface area contributed by atoms with Crippen LogP contribution >= 0.6 is 0 Å². The average Bonchev–Trinajstić information content (AvgIpc) is 3.06. The molecule has 28 heavy (non-hydrogen) atoms. The van der Waals surface area contributed by atoms with Crippen LogP contribution in [0.1, 0.15) is 51.8 Å². The lowest BCUT2D eigenvalue weighted by Gasteiger charge is -2.14. The lowest BCUT2D eigenvalue weighted by atomic mass is 10.1. The molecule has 2 aromatic rings. The summed E-state index contributed by atoms with van der Waals surface area (Å²) in [5, 5.41) is 27.8. The van der Waals surface area contributed by atoms with Gasteiger partial charge in [0, 0.05) is 26.1 Å². The zero-order valence-corrected chi connectivity index (χ0v) is 16.4. The fraction of sp³-hybridized carbons (Fsp3) is 0.632. The Kier molecular flexibility index (Phi) is 7.53. The van der Waals surface area contributed by atoms with Crippen LogP contribution in [0, 0.1) is 28.6 Å². The normalized spacial score (nSPS) is 12.0. The second-order valence-electron chi connectivity index (χ2n) is 6.74. The molecule has 0 saturated carbocycles. The molecule has 150 valence electrons. The third-order valence-electron chi connectivity index (χ3n) is 4.71. The molecule has 2 heterocycles. The molecule has 0 amide bonds. The number of hydrogen-bond donors (Lipinski definition) is 1. The molecule has 2 rings (SSSR count). The van der Waals surface area contributed by atoms with Crippen molar-refractivity contribution >= 4 is 11.2 Å². The molecule has 0 aromatic carbocycles. The van der Waals surface area contributed by atoms with Gasteiger partial charge in [0.05, 0.1) is 18.1 Å². The van der Waals surface area contributed by atoms with Gasteiger partial charge in [-0.2, -0.15) is 10.5 Å². The molecule has 0 fully saturated rings. The summed E-state index contributed by atoms with van der Waals surface area (Å²) in [4.78, 5) is 30.6. The number of nitriles is 2. The van der Waals surface area contributed by atoms with Crippen LogP contribution in [-0.4, -0.2) is 23.8 Å². The minimum atomic E-state index is -0.609. The Morgan fingerprint density at radius 2 is 1.86 bits per heavy atom. The van der Waals surface area contributed by atoms with Crippen molar-refractivity contribution in [1.82, 2.24) is 18.7 Å². The first kappa shape index (κ1) is 21.4. The van der Waals surface area contributed by atoms with E-state index in [9.17, 15) is 20.0 Å². The molecule has 0 unspecified atom stereocenters. The number of fused-ring (bicyclic) bond motifs is 1. The topological polar surface area (TPSA) is 130 Å². The summed E-state index contributed by atoms with van der Waals surface area (Å²) in [5.41, 5.74) is -0.458. The smallest absolute Gasteiger partial charge is 0.332 e. The van der Waals surface area contributed by atoms with E-state index in [1.54, 1.807) is 4.57 Å². The second kappa shape index (κ2) is 9.86. The maximum absolute atomic E-state index is 13.2. The van der Waals surface area contributed by atoms with Crippen LogP contribution in [0.15, 0.2) is 9.59 Å². The van der Waals surface area contributed by atoms with E-state index < -0.39 is 17.2 Å². The van der Waals surface area contributed by atoms with Gasteiger partial charge >= 0.3 is 5.69 Å². The third-order valence-corrected chi connectivity index (χ3v) is 4.71. The number of aliphatic hydroxyl groups excluding tert-OH is 1. The molecule has 0 aliphatic rings. The van der Waals surface area contributed by atoms with E-state index in [1.807, 2.05) is 19.9 Å². The van der Waals surface area contributed by atoms with Gasteiger partial charge in [0.1, 0.15) is 12.4 Å². The van der Waals surface area contributed by atoms with Crippen molar-refractivity contribution in [2.75, 3.05) is 0 Å². The molecule has 0 aliphatic heterocycles. The number of hydrogen-bond acceptors (Lipinski definition) is 6. The van der Waals surface area contributed by atoms with E-state index >= 15 is 0 Å². The van der Waals surface area contributed by atoms with Gasteiger partial charge in [-0.05, 0) is 19.3 Å². The highest BCUT2D eigenvalue weighted by atomic mass is 16.3. The molecular formula is C19H26N6O3. The van der Waals surface area contributed by atoms with Crippen molar-refractivity contribution in [3.05, 3.63) is 26.7 Å². The molecule has 0 spiro atoms. The van der Waals surface area contributed by atoms with Gasteiger partial charge in [-0.25, -0.2) is 9.78 Å². The highest BCUT2D eigenvalue weighted by Gasteiger charge is 2.22. The lowest BCUT2D eigenvalue weighted by molar-refractivity contribution is 0.265. The first-order valence-corrected chi connectivity index (χ1v) is 9.64. The minimum Gasteiger partial charge on any atom is -0.388 e. The van der Waals surface area contributed by atoms with Crippen LogP contribution in [-0.2, 0) is 26.2 Å². The molecule has 0 aliphatic carbocycles. The van der Waals surface area contributed by atoms with Crippen molar-refractivity contribution in [3.63, 3.8) is 0 Å². The highest BCUT2D eigenvalue weighted by molar-refractivity contribution is 5.71. The van der Waals surface area contributed by atoms with E-state index in [-0.39, 0.29) is 30.7 Å². The predicted molar refractivity (Wildman–Crippen MR) is 103 cm³/mol. The van der Waals surface area contributed by atoms with Gasteiger partial charge in [-0.15, -0.1) is 0 Å². The molecule has 1 atom stereocenters. The summed E-state index contributed by atoms with van der Waals surface area (Å²) in [7, 11) is 0. The Hall–Kier alpha value is -2.91. The van der Waals surface area contributed by atoms with Gasteiger partial charge in [0.2, 0.25) is 0 Å². The highest BCUT2D eigenvalue weighted by Crippen LogP contribution is 2.14. The van der Waals surface area contributed by atoms with Gasteiger partial charge < -0.3 is 9.67 Å². The quantitative estimate of drug-likeness (QED) is 0.659. The van der Waals surface area contributed by atoms with E-state index in [4.69, 9.17) is 5.26 Å². The molecule has 1 N–H and O–H groups in total. The van der Waals surface area contributed by atoms with Crippen LogP contribution in [0.25, 0.3) is 11.2 Å². The molecule has 9 heteroatoms. The number of aromatic nitrogens is 4. The summed E-state index contributed by atoms with van der Waals surface area (Å²) < 4.78 is 4.20.